The van der Waals surface area contributed by atoms with Crippen LogP contribution in [0.25, 0.3) is 83.1 Å². The van der Waals surface area contributed by atoms with Gasteiger partial charge < -0.3 is 8.83 Å². The molecule has 3 aromatic heterocycles. The van der Waals surface area contributed by atoms with Crippen molar-refractivity contribution in [2.75, 3.05) is 0 Å². The van der Waals surface area contributed by atoms with Gasteiger partial charge in [0.1, 0.15) is 17.0 Å². The molecule has 0 bridgehead atoms. The maximum absolute atomic E-state index is 8.55. The zero-order valence-electron chi connectivity index (χ0n) is 30.3. The van der Waals surface area contributed by atoms with Gasteiger partial charge in [-0.15, -0.1) is 0 Å². The maximum Gasteiger partial charge on any atom is 0.178 e. The van der Waals surface area contributed by atoms with Crippen LogP contribution in [0.5, 0.6) is 0 Å². The van der Waals surface area contributed by atoms with Crippen LogP contribution < -0.4 is 0 Å². The van der Waals surface area contributed by atoms with E-state index in [4.69, 9.17) is 17.9 Å². The molecule has 0 unspecified atom stereocenters. The van der Waals surface area contributed by atoms with Crippen LogP contribution in [0, 0.1) is 6.85 Å². The predicted molar refractivity (Wildman–Crippen MR) is 199 cm³/mol. The Morgan fingerprint density at radius 1 is 0.625 bits per heavy atom. The molecule has 48 heavy (non-hydrogen) atoms. The molecule has 0 atom stereocenters. The highest BCUT2D eigenvalue weighted by molar-refractivity contribution is 6.20. The third kappa shape index (κ3) is 4.18. The summed E-state index contributed by atoms with van der Waals surface area (Å²) < 4.78 is 41.1. The number of furan rings is 2. The third-order valence-electron chi connectivity index (χ3n) is 9.68. The summed E-state index contributed by atoms with van der Waals surface area (Å²) in [5, 5.41) is 3.15. The molecular formula is C44H36N2O2. The minimum Gasteiger partial charge on any atom is -0.452 e. The van der Waals surface area contributed by atoms with Gasteiger partial charge in [0.15, 0.2) is 11.2 Å². The molecule has 6 aromatic carbocycles. The number of hydrogen-bond donors (Lipinski definition) is 0. The number of benzene rings is 6. The van der Waals surface area contributed by atoms with E-state index in [-0.39, 0.29) is 17.4 Å². The number of fused-ring (bicyclic) bond motifs is 8. The monoisotopic (exact) mass is 627 g/mol. The number of hydrogen-bond acceptors (Lipinski definition) is 3. The van der Waals surface area contributed by atoms with E-state index in [2.05, 4.69) is 74.7 Å². The van der Waals surface area contributed by atoms with Gasteiger partial charge in [-0.3, -0.25) is 4.57 Å². The van der Waals surface area contributed by atoms with Gasteiger partial charge in [0.05, 0.1) is 22.3 Å². The fourth-order valence-corrected chi connectivity index (χ4v) is 7.35. The number of aryl methyl sites for hydroxylation is 1. The van der Waals surface area contributed by atoms with Crippen molar-refractivity contribution in [2.45, 2.75) is 46.4 Å². The normalized spacial score (nSPS) is 13.4. The second kappa shape index (κ2) is 10.7. The minimum atomic E-state index is -2.38. The van der Waals surface area contributed by atoms with Gasteiger partial charge in [-0.25, -0.2) is 4.98 Å². The third-order valence-corrected chi connectivity index (χ3v) is 9.68. The van der Waals surface area contributed by atoms with Gasteiger partial charge in [0.2, 0.25) is 0 Å². The first-order valence-corrected chi connectivity index (χ1v) is 16.6. The summed E-state index contributed by atoms with van der Waals surface area (Å²) in [7, 11) is 0. The second-order valence-electron chi connectivity index (χ2n) is 13.3. The molecule has 0 spiro atoms. The molecule has 0 aliphatic rings. The predicted octanol–water partition coefficient (Wildman–Crippen LogP) is 12.7. The van der Waals surface area contributed by atoms with Crippen LogP contribution >= 0.6 is 0 Å². The number of imidazole rings is 1. The summed E-state index contributed by atoms with van der Waals surface area (Å²) in [6, 6.07) is 38.8. The van der Waals surface area contributed by atoms with Crippen LogP contribution in [-0.2, 0) is 0 Å². The molecule has 9 rings (SSSR count). The van der Waals surface area contributed by atoms with Crippen molar-refractivity contribution in [3.63, 3.8) is 0 Å². The summed E-state index contributed by atoms with van der Waals surface area (Å²) in [6.07, 6.45) is 0. The van der Waals surface area contributed by atoms with Gasteiger partial charge in [-0.2, -0.15) is 0 Å². The van der Waals surface area contributed by atoms with Gasteiger partial charge in [0, 0.05) is 25.7 Å². The van der Waals surface area contributed by atoms with Crippen LogP contribution in [-0.4, -0.2) is 9.55 Å². The molecule has 0 amide bonds. The Morgan fingerprint density at radius 3 is 2.08 bits per heavy atom. The van der Waals surface area contributed by atoms with Crippen molar-refractivity contribution in [2.24, 2.45) is 0 Å². The number of nitrogens with zero attached hydrogens (tertiary/aromatic N) is 2. The molecule has 0 fully saturated rings. The standard InChI is InChI=1S/C44H36N2O2/c1-25(2)34-23-29(28-13-7-6-8-14-28)24-35(26(3)4)40(34)46-37-17-11-10-16-36(37)45-44(46)33-20-19-27(5)39-32-22-21-31-30-15-9-12-18-38(30)47-42(31)43(32)48-41(33)39/h6-26H,1-5H3/i5D3. The summed E-state index contributed by atoms with van der Waals surface area (Å²) in [5.41, 5.74) is 10.9. The molecule has 0 saturated heterocycles. The molecule has 0 saturated carbocycles. The molecule has 0 radical (unpaired) electrons. The Morgan fingerprint density at radius 2 is 1.31 bits per heavy atom. The number of rotatable bonds is 5. The summed E-state index contributed by atoms with van der Waals surface area (Å²) >= 11 is 0. The van der Waals surface area contributed by atoms with Gasteiger partial charge in [0.25, 0.3) is 0 Å². The highest BCUT2D eigenvalue weighted by Crippen LogP contribution is 2.45. The molecule has 4 nitrogen and oxygen atoms in total. The highest BCUT2D eigenvalue weighted by atomic mass is 16.4. The molecule has 9 aromatic rings. The first-order chi connectivity index (χ1) is 24.6. The van der Waals surface area contributed by atoms with Gasteiger partial charge in [-0.05, 0) is 95.0 Å². The molecule has 234 valence electrons. The lowest BCUT2D eigenvalue weighted by Crippen LogP contribution is -2.09. The number of aromatic nitrogens is 2. The number of para-hydroxylation sites is 3. The average Bonchev–Trinajstić information content (AvgIpc) is 3.82. The van der Waals surface area contributed by atoms with Crippen LogP contribution in [0.3, 0.4) is 0 Å². The molecule has 3 heterocycles. The quantitative estimate of drug-likeness (QED) is 0.191. The zero-order chi connectivity index (χ0) is 35.2. The largest absolute Gasteiger partial charge is 0.452 e. The summed E-state index contributed by atoms with van der Waals surface area (Å²) in [5.74, 6) is 1.08. The smallest absolute Gasteiger partial charge is 0.178 e. The van der Waals surface area contributed by atoms with Crippen LogP contribution in [0.4, 0.5) is 0 Å². The Kier molecular flexibility index (Phi) is 5.69. The molecule has 0 aliphatic heterocycles. The fraction of sp³-hybridized carbons (Fsp3) is 0.159. The lowest BCUT2D eigenvalue weighted by atomic mass is 9.88. The van der Waals surface area contributed by atoms with E-state index in [9.17, 15) is 0 Å². The van der Waals surface area contributed by atoms with Crippen LogP contribution in [0.2, 0.25) is 0 Å². The van der Waals surface area contributed by atoms with E-state index in [1.165, 1.54) is 22.3 Å². The second-order valence-corrected chi connectivity index (χ2v) is 13.3. The first kappa shape index (κ1) is 25.5. The molecule has 0 N–H and O–H groups in total. The van der Waals surface area contributed by atoms with E-state index in [0.717, 1.165) is 33.1 Å². The lowest BCUT2D eigenvalue weighted by molar-refractivity contribution is 0.633. The topological polar surface area (TPSA) is 44.1 Å². The summed E-state index contributed by atoms with van der Waals surface area (Å²) in [4.78, 5) is 5.29. The van der Waals surface area contributed by atoms with E-state index in [1.807, 2.05) is 66.7 Å². The lowest BCUT2D eigenvalue weighted by Gasteiger charge is -2.24. The first-order valence-electron chi connectivity index (χ1n) is 18.1. The van der Waals surface area contributed by atoms with E-state index < -0.39 is 6.85 Å². The van der Waals surface area contributed by atoms with E-state index in [0.29, 0.717) is 38.9 Å². The molecular weight excluding hydrogens is 588 g/mol. The van der Waals surface area contributed by atoms with Crippen molar-refractivity contribution in [3.8, 4) is 28.2 Å². The minimum absolute atomic E-state index is 0.195. The van der Waals surface area contributed by atoms with Crippen LogP contribution in [0.15, 0.2) is 124 Å². The average molecular weight is 628 g/mol. The van der Waals surface area contributed by atoms with Crippen molar-refractivity contribution in [3.05, 3.63) is 132 Å². The summed E-state index contributed by atoms with van der Waals surface area (Å²) in [6.45, 7) is 6.56. The zero-order valence-corrected chi connectivity index (χ0v) is 27.3. The Hall–Kier alpha value is -5.61. The van der Waals surface area contributed by atoms with Crippen LogP contribution in [0.1, 0.15) is 60.3 Å². The van der Waals surface area contributed by atoms with Crippen molar-refractivity contribution < 1.29 is 12.9 Å². The van der Waals surface area contributed by atoms with Crippen molar-refractivity contribution >= 4 is 54.9 Å². The Labute approximate surface area is 283 Å². The Bertz CT molecular complexity index is 2770. The maximum atomic E-state index is 8.55. The molecule has 0 aliphatic carbocycles. The SMILES string of the molecule is [2H]C([2H])([2H])c1ccc(-c2nc3ccccc3n2-c2c(C(C)C)cc(-c3ccccc3)cc2C(C)C)c2oc3c(ccc4c5ccccc5oc43)c12. The van der Waals surface area contributed by atoms with Gasteiger partial charge >= 0.3 is 0 Å². The van der Waals surface area contributed by atoms with Gasteiger partial charge in [-0.1, -0.05) is 94.4 Å². The van der Waals surface area contributed by atoms with Crippen molar-refractivity contribution in [1.29, 1.82) is 0 Å². The fourth-order valence-electron chi connectivity index (χ4n) is 7.35. The van der Waals surface area contributed by atoms with Crippen molar-refractivity contribution in [1.82, 2.24) is 9.55 Å². The van der Waals surface area contributed by atoms with E-state index >= 15 is 0 Å². The Balaban J connectivity index is 1.41. The van der Waals surface area contributed by atoms with E-state index in [1.54, 1.807) is 6.07 Å². The highest BCUT2D eigenvalue weighted by Gasteiger charge is 2.26. The molecule has 4 heteroatoms.